The van der Waals surface area contributed by atoms with Crippen molar-refractivity contribution in [2.75, 3.05) is 13.6 Å². The highest BCUT2D eigenvalue weighted by Crippen LogP contribution is 2.29. The second-order valence-electron chi connectivity index (χ2n) is 5.31. The van der Waals surface area contributed by atoms with Crippen LogP contribution in [0, 0.1) is 5.92 Å². The largest absolute Gasteiger partial charge is 0.328 e. The first-order valence-electron chi connectivity index (χ1n) is 6.21. The van der Waals surface area contributed by atoms with Crippen molar-refractivity contribution < 1.29 is 0 Å². The molecular formula is C12H24N2. The van der Waals surface area contributed by atoms with Crippen molar-refractivity contribution in [1.29, 1.82) is 0 Å². The van der Waals surface area contributed by atoms with Crippen LogP contribution in [0.15, 0.2) is 0 Å². The molecule has 0 unspecified atom stereocenters. The Kier molecular flexibility index (Phi) is 3.45. The van der Waals surface area contributed by atoms with Gasteiger partial charge in [0.05, 0.1) is 0 Å². The molecule has 0 aliphatic heterocycles. The summed E-state index contributed by atoms with van der Waals surface area (Å²) in [6, 6.07) is 1.32. The molecule has 0 aromatic rings. The number of hydrogen-bond donors (Lipinski definition) is 1. The second-order valence-corrected chi connectivity index (χ2v) is 5.31. The van der Waals surface area contributed by atoms with Gasteiger partial charge in [0.25, 0.3) is 0 Å². The maximum Gasteiger partial charge on any atom is 0.00934 e. The van der Waals surface area contributed by atoms with E-state index in [1.807, 2.05) is 0 Å². The van der Waals surface area contributed by atoms with Gasteiger partial charge in [0, 0.05) is 18.6 Å². The zero-order valence-electron chi connectivity index (χ0n) is 9.41. The monoisotopic (exact) mass is 196 g/mol. The van der Waals surface area contributed by atoms with Crippen molar-refractivity contribution in [1.82, 2.24) is 4.90 Å². The standard InChI is InChI=1S/C12H24N2/c1-14(9-10-3-2-4-10)12-7-5-11(13)6-8-12/h10-12H,2-9,13H2,1H3. The van der Waals surface area contributed by atoms with Crippen LogP contribution in [-0.2, 0) is 0 Å². The van der Waals surface area contributed by atoms with E-state index in [2.05, 4.69) is 11.9 Å². The number of nitrogens with two attached hydrogens (primary N) is 1. The molecule has 2 N–H and O–H groups in total. The summed E-state index contributed by atoms with van der Waals surface area (Å²) >= 11 is 0. The van der Waals surface area contributed by atoms with Gasteiger partial charge in [0.15, 0.2) is 0 Å². The van der Waals surface area contributed by atoms with Crippen molar-refractivity contribution in [3.63, 3.8) is 0 Å². The number of nitrogens with zero attached hydrogens (tertiary/aromatic N) is 1. The average Bonchev–Trinajstić information content (AvgIpc) is 2.12. The highest BCUT2D eigenvalue weighted by Gasteiger charge is 2.25. The van der Waals surface area contributed by atoms with Gasteiger partial charge in [-0.3, -0.25) is 0 Å². The Morgan fingerprint density at radius 1 is 1.07 bits per heavy atom. The van der Waals surface area contributed by atoms with Crippen LogP contribution in [0.2, 0.25) is 0 Å². The molecule has 2 heteroatoms. The van der Waals surface area contributed by atoms with Crippen molar-refractivity contribution in [3.8, 4) is 0 Å². The molecular weight excluding hydrogens is 172 g/mol. The highest BCUT2D eigenvalue weighted by atomic mass is 15.1. The van der Waals surface area contributed by atoms with Crippen LogP contribution in [0.5, 0.6) is 0 Å². The van der Waals surface area contributed by atoms with Crippen LogP contribution in [0.25, 0.3) is 0 Å². The van der Waals surface area contributed by atoms with E-state index < -0.39 is 0 Å². The van der Waals surface area contributed by atoms with Gasteiger partial charge in [-0.25, -0.2) is 0 Å². The van der Waals surface area contributed by atoms with Crippen LogP contribution in [-0.4, -0.2) is 30.6 Å². The Morgan fingerprint density at radius 3 is 2.21 bits per heavy atom. The Bertz CT molecular complexity index is 169. The fourth-order valence-electron chi connectivity index (χ4n) is 2.77. The molecule has 0 saturated heterocycles. The van der Waals surface area contributed by atoms with Crippen LogP contribution in [0.1, 0.15) is 44.9 Å². The molecule has 0 atom stereocenters. The molecule has 0 spiro atoms. The lowest BCUT2D eigenvalue weighted by atomic mass is 9.84. The van der Waals surface area contributed by atoms with Crippen LogP contribution >= 0.6 is 0 Å². The molecule has 2 aliphatic rings. The van der Waals surface area contributed by atoms with E-state index in [0.717, 1.165) is 12.0 Å². The van der Waals surface area contributed by atoms with Crippen LogP contribution in [0.3, 0.4) is 0 Å². The van der Waals surface area contributed by atoms with Crippen molar-refractivity contribution in [2.45, 2.75) is 57.0 Å². The summed E-state index contributed by atoms with van der Waals surface area (Å²) in [5.74, 6) is 1.01. The Labute approximate surface area is 87.8 Å². The first-order valence-corrected chi connectivity index (χ1v) is 6.21. The quantitative estimate of drug-likeness (QED) is 0.748. The minimum atomic E-state index is 0.489. The predicted molar refractivity (Wildman–Crippen MR) is 60.2 cm³/mol. The van der Waals surface area contributed by atoms with E-state index in [1.54, 1.807) is 0 Å². The van der Waals surface area contributed by atoms with E-state index >= 15 is 0 Å². The summed E-state index contributed by atoms with van der Waals surface area (Å²) in [6.07, 6.45) is 9.52. The molecule has 2 saturated carbocycles. The van der Waals surface area contributed by atoms with Gasteiger partial charge in [-0.05, 0) is 51.5 Å². The minimum absolute atomic E-state index is 0.489. The third kappa shape index (κ3) is 2.48. The van der Waals surface area contributed by atoms with E-state index in [9.17, 15) is 0 Å². The SMILES string of the molecule is CN(CC1CCC1)C1CCC(N)CC1. The van der Waals surface area contributed by atoms with Gasteiger partial charge < -0.3 is 10.6 Å². The molecule has 2 aliphatic carbocycles. The summed E-state index contributed by atoms with van der Waals surface area (Å²) in [5.41, 5.74) is 5.92. The third-order valence-electron chi connectivity index (χ3n) is 4.14. The molecule has 2 nitrogen and oxygen atoms in total. The lowest BCUT2D eigenvalue weighted by molar-refractivity contribution is 0.131. The fraction of sp³-hybridized carbons (Fsp3) is 1.00. The summed E-state index contributed by atoms with van der Waals surface area (Å²) in [4.78, 5) is 2.59. The van der Waals surface area contributed by atoms with Gasteiger partial charge in [-0.1, -0.05) is 6.42 Å². The molecule has 0 aromatic heterocycles. The lowest BCUT2D eigenvalue weighted by Crippen LogP contribution is -2.41. The molecule has 2 fully saturated rings. The molecule has 14 heavy (non-hydrogen) atoms. The molecule has 0 heterocycles. The van der Waals surface area contributed by atoms with Crippen molar-refractivity contribution >= 4 is 0 Å². The van der Waals surface area contributed by atoms with Gasteiger partial charge >= 0.3 is 0 Å². The van der Waals surface area contributed by atoms with E-state index in [0.29, 0.717) is 6.04 Å². The highest BCUT2D eigenvalue weighted by molar-refractivity contribution is 4.82. The molecule has 82 valence electrons. The minimum Gasteiger partial charge on any atom is -0.328 e. The number of hydrogen-bond acceptors (Lipinski definition) is 2. The van der Waals surface area contributed by atoms with Gasteiger partial charge in [0.2, 0.25) is 0 Å². The topological polar surface area (TPSA) is 29.3 Å². The average molecular weight is 196 g/mol. The second kappa shape index (κ2) is 4.63. The third-order valence-corrected chi connectivity index (χ3v) is 4.14. The molecule has 0 aromatic carbocycles. The molecule has 0 bridgehead atoms. The summed E-state index contributed by atoms with van der Waals surface area (Å²) in [5, 5.41) is 0. The smallest absolute Gasteiger partial charge is 0.00934 e. The number of rotatable bonds is 3. The first kappa shape index (κ1) is 10.4. The van der Waals surface area contributed by atoms with Crippen molar-refractivity contribution in [3.05, 3.63) is 0 Å². The first-order chi connectivity index (χ1) is 6.75. The van der Waals surface area contributed by atoms with Crippen LogP contribution in [0.4, 0.5) is 0 Å². The molecule has 0 amide bonds. The van der Waals surface area contributed by atoms with E-state index in [1.165, 1.54) is 51.5 Å². The maximum absolute atomic E-state index is 5.92. The predicted octanol–water partition coefficient (Wildman–Crippen LogP) is 1.99. The Balaban J connectivity index is 1.71. The fourth-order valence-corrected chi connectivity index (χ4v) is 2.77. The van der Waals surface area contributed by atoms with E-state index in [-0.39, 0.29) is 0 Å². The maximum atomic E-state index is 5.92. The molecule has 0 radical (unpaired) electrons. The van der Waals surface area contributed by atoms with Gasteiger partial charge in [-0.15, -0.1) is 0 Å². The van der Waals surface area contributed by atoms with Gasteiger partial charge in [-0.2, -0.15) is 0 Å². The van der Waals surface area contributed by atoms with Gasteiger partial charge in [0.1, 0.15) is 0 Å². The normalized spacial score (nSPS) is 34.5. The molecule has 2 rings (SSSR count). The zero-order chi connectivity index (χ0) is 9.97. The Morgan fingerprint density at radius 2 is 1.71 bits per heavy atom. The van der Waals surface area contributed by atoms with Crippen LogP contribution < -0.4 is 5.73 Å². The van der Waals surface area contributed by atoms with E-state index in [4.69, 9.17) is 5.73 Å². The Hall–Kier alpha value is -0.0800. The zero-order valence-corrected chi connectivity index (χ0v) is 9.41. The van der Waals surface area contributed by atoms with Crippen molar-refractivity contribution in [2.24, 2.45) is 11.7 Å². The summed E-state index contributed by atoms with van der Waals surface area (Å²) in [7, 11) is 2.31. The summed E-state index contributed by atoms with van der Waals surface area (Å²) < 4.78 is 0. The summed E-state index contributed by atoms with van der Waals surface area (Å²) in [6.45, 7) is 1.33. The lowest BCUT2D eigenvalue weighted by Gasteiger charge is -2.37.